The molecule has 2 N–H and O–H groups in total. The lowest BCUT2D eigenvalue weighted by Crippen LogP contribution is -2.08. The van der Waals surface area contributed by atoms with Gasteiger partial charge < -0.3 is 10.5 Å². The van der Waals surface area contributed by atoms with Crippen LogP contribution in [-0.2, 0) is 11.2 Å². The molecular weight excluding hydrogens is 318 g/mol. The molecule has 0 aliphatic carbocycles. The number of anilines is 1. The van der Waals surface area contributed by atoms with Crippen molar-refractivity contribution in [1.29, 1.82) is 0 Å². The van der Waals surface area contributed by atoms with Crippen molar-refractivity contribution in [2.45, 2.75) is 12.8 Å². The second-order valence-corrected chi connectivity index (χ2v) is 5.23. The van der Waals surface area contributed by atoms with E-state index in [2.05, 4.69) is 28.1 Å². The number of esters is 1. The highest BCUT2D eigenvalue weighted by Crippen LogP contribution is 2.24. The molecule has 2 aromatic rings. The van der Waals surface area contributed by atoms with Gasteiger partial charge in [-0.3, -0.25) is 0 Å². The van der Waals surface area contributed by atoms with Crippen LogP contribution >= 0.6 is 15.9 Å². The fraction of sp³-hybridized carbons (Fsp3) is 0.188. The molecule has 0 radical (unpaired) electrons. The second-order valence-electron chi connectivity index (χ2n) is 4.43. The Kier molecular flexibility index (Phi) is 5.18. The molecule has 4 heteroatoms. The molecule has 2 rings (SSSR count). The number of carbonyl (C=O) groups is 1. The first-order chi connectivity index (χ1) is 9.68. The van der Waals surface area contributed by atoms with E-state index in [-0.39, 0.29) is 5.97 Å². The molecule has 3 nitrogen and oxygen atoms in total. The van der Waals surface area contributed by atoms with Crippen LogP contribution in [0, 0.1) is 0 Å². The molecule has 0 bridgehead atoms. The van der Waals surface area contributed by atoms with Crippen LogP contribution in [0.2, 0.25) is 0 Å². The van der Waals surface area contributed by atoms with Crippen LogP contribution in [0.1, 0.15) is 22.3 Å². The van der Waals surface area contributed by atoms with Gasteiger partial charge in [0.05, 0.1) is 16.6 Å². The van der Waals surface area contributed by atoms with Gasteiger partial charge in [0.25, 0.3) is 0 Å². The maximum Gasteiger partial charge on any atom is 0.339 e. The van der Waals surface area contributed by atoms with Crippen molar-refractivity contribution < 1.29 is 9.53 Å². The van der Waals surface area contributed by atoms with E-state index in [0.29, 0.717) is 22.3 Å². The normalized spacial score (nSPS) is 10.2. The zero-order valence-electron chi connectivity index (χ0n) is 11.0. The lowest BCUT2D eigenvalue weighted by molar-refractivity contribution is 0.0499. The van der Waals surface area contributed by atoms with Crippen LogP contribution < -0.4 is 5.73 Å². The van der Waals surface area contributed by atoms with E-state index in [9.17, 15) is 4.79 Å². The summed E-state index contributed by atoms with van der Waals surface area (Å²) in [6.07, 6.45) is 1.70. The van der Waals surface area contributed by atoms with Crippen molar-refractivity contribution in [3.63, 3.8) is 0 Å². The van der Waals surface area contributed by atoms with Gasteiger partial charge in [-0.05, 0) is 46.5 Å². The molecule has 2 aromatic carbocycles. The Morgan fingerprint density at radius 2 is 1.85 bits per heavy atom. The lowest BCUT2D eigenvalue weighted by atomic mass is 10.1. The second kappa shape index (κ2) is 7.10. The van der Waals surface area contributed by atoms with E-state index in [1.807, 2.05) is 18.2 Å². The van der Waals surface area contributed by atoms with Crippen LogP contribution in [0.3, 0.4) is 0 Å². The number of rotatable bonds is 5. The maximum absolute atomic E-state index is 11.9. The van der Waals surface area contributed by atoms with Crippen LogP contribution in [-0.4, -0.2) is 12.6 Å². The summed E-state index contributed by atoms with van der Waals surface area (Å²) in [7, 11) is 0. The van der Waals surface area contributed by atoms with Gasteiger partial charge in [-0.25, -0.2) is 4.79 Å². The van der Waals surface area contributed by atoms with Crippen molar-refractivity contribution in [3.05, 3.63) is 64.1 Å². The molecule has 20 heavy (non-hydrogen) atoms. The van der Waals surface area contributed by atoms with Gasteiger partial charge in [0.2, 0.25) is 0 Å². The molecule has 0 aliphatic heterocycles. The molecule has 0 heterocycles. The lowest BCUT2D eigenvalue weighted by Gasteiger charge is -2.07. The number of carbonyl (C=O) groups excluding carboxylic acids is 1. The van der Waals surface area contributed by atoms with Gasteiger partial charge in [0, 0.05) is 5.69 Å². The monoisotopic (exact) mass is 333 g/mol. The van der Waals surface area contributed by atoms with E-state index in [1.165, 1.54) is 5.56 Å². The highest BCUT2D eigenvalue weighted by molar-refractivity contribution is 9.10. The highest BCUT2D eigenvalue weighted by atomic mass is 79.9. The van der Waals surface area contributed by atoms with Gasteiger partial charge in [0.1, 0.15) is 0 Å². The summed E-state index contributed by atoms with van der Waals surface area (Å²) < 4.78 is 5.85. The van der Waals surface area contributed by atoms with Crippen LogP contribution in [0.15, 0.2) is 53.0 Å². The Morgan fingerprint density at radius 1 is 1.10 bits per heavy atom. The third-order valence-electron chi connectivity index (χ3n) is 2.93. The van der Waals surface area contributed by atoms with Crippen LogP contribution in [0.25, 0.3) is 0 Å². The number of hydrogen-bond acceptors (Lipinski definition) is 3. The number of ether oxygens (including phenoxy) is 1. The van der Waals surface area contributed by atoms with Gasteiger partial charge in [-0.2, -0.15) is 0 Å². The molecule has 0 aliphatic rings. The van der Waals surface area contributed by atoms with E-state index < -0.39 is 0 Å². The predicted molar refractivity (Wildman–Crippen MR) is 83.6 cm³/mol. The summed E-state index contributed by atoms with van der Waals surface area (Å²) in [5, 5.41) is 0. The summed E-state index contributed by atoms with van der Waals surface area (Å²) >= 11 is 3.30. The summed E-state index contributed by atoms with van der Waals surface area (Å²) in [6.45, 7) is 0.398. The third-order valence-corrected chi connectivity index (χ3v) is 3.82. The topological polar surface area (TPSA) is 52.3 Å². The molecule has 0 unspecified atom stereocenters. The minimum atomic E-state index is -0.350. The van der Waals surface area contributed by atoms with Crippen molar-refractivity contribution in [2.75, 3.05) is 12.3 Å². The largest absolute Gasteiger partial charge is 0.462 e. The minimum Gasteiger partial charge on any atom is -0.462 e. The van der Waals surface area contributed by atoms with Gasteiger partial charge >= 0.3 is 5.97 Å². The SMILES string of the molecule is Nc1cccc(C(=O)OCCCc2ccccc2)c1Br. The molecule has 0 amide bonds. The number of benzene rings is 2. The molecule has 0 saturated heterocycles. The van der Waals surface area contributed by atoms with E-state index in [0.717, 1.165) is 12.8 Å². The first-order valence-corrected chi connectivity index (χ1v) is 7.23. The first kappa shape index (κ1) is 14.6. The summed E-state index contributed by atoms with van der Waals surface area (Å²) in [5.74, 6) is -0.350. The molecule has 104 valence electrons. The minimum absolute atomic E-state index is 0.350. The van der Waals surface area contributed by atoms with E-state index in [1.54, 1.807) is 18.2 Å². The van der Waals surface area contributed by atoms with Crippen molar-refractivity contribution in [1.82, 2.24) is 0 Å². The predicted octanol–water partition coefficient (Wildman–Crippen LogP) is 3.82. The van der Waals surface area contributed by atoms with Crippen LogP contribution in [0.5, 0.6) is 0 Å². The van der Waals surface area contributed by atoms with Gasteiger partial charge in [0.15, 0.2) is 0 Å². The Bertz CT molecular complexity index is 584. The average Bonchev–Trinajstić information content (AvgIpc) is 2.47. The number of nitrogen functional groups attached to an aromatic ring is 1. The number of nitrogens with two attached hydrogens (primary N) is 1. The van der Waals surface area contributed by atoms with Crippen LogP contribution in [0.4, 0.5) is 5.69 Å². The standard InChI is InChI=1S/C16H16BrNO2/c17-15-13(9-4-10-14(15)18)16(19)20-11-5-8-12-6-2-1-3-7-12/h1-4,6-7,9-10H,5,8,11,18H2. The Balaban J connectivity index is 1.82. The van der Waals surface area contributed by atoms with E-state index in [4.69, 9.17) is 10.5 Å². The summed E-state index contributed by atoms with van der Waals surface area (Å²) in [5.41, 5.74) is 7.97. The number of aryl methyl sites for hydroxylation is 1. The zero-order valence-corrected chi connectivity index (χ0v) is 12.6. The molecule has 0 atom stereocenters. The number of halogens is 1. The molecular formula is C16H16BrNO2. The first-order valence-electron chi connectivity index (χ1n) is 6.43. The fourth-order valence-electron chi connectivity index (χ4n) is 1.87. The quantitative estimate of drug-likeness (QED) is 0.514. The smallest absolute Gasteiger partial charge is 0.339 e. The third kappa shape index (κ3) is 3.84. The fourth-order valence-corrected chi connectivity index (χ4v) is 2.30. The van der Waals surface area contributed by atoms with Crippen molar-refractivity contribution in [2.24, 2.45) is 0 Å². The van der Waals surface area contributed by atoms with Crippen molar-refractivity contribution >= 4 is 27.6 Å². The van der Waals surface area contributed by atoms with E-state index >= 15 is 0 Å². The molecule has 0 saturated carbocycles. The molecule has 0 aromatic heterocycles. The number of hydrogen-bond donors (Lipinski definition) is 1. The summed E-state index contributed by atoms with van der Waals surface area (Å²) in [4.78, 5) is 11.9. The Morgan fingerprint density at radius 3 is 2.60 bits per heavy atom. The maximum atomic E-state index is 11.9. The highest BCUT2D eigenvalue weighted by Gasteiger charge is 2.12. The van der Waals surface area contributed by atoms with Crippen molar-refractivity contribution in [3.8, 4) is 0 Å². The summed E-state index contributed by atoms with van der Waals surface area (Å²) in [6, 6.07) is 15.3. The van der Waals surface area contributed by atoms with Gasteiger partial charge in [-0.15, -0.1) is 0 Å². The Labute approximate surface area is 126 Å². The Hall–Kier alpha value is -1.81. The average molecular weight is 334 g/mol. The molecule has 0 spiro atoms. The van der Waals surface area contributed by atoms with Gasteiger partial charge in [-0.1, -0.05) is 36.4 Å². The molecule has 0 fully saturated rings. The zero-order chi connectivity index (χ0) is 14.4.